The molecule has 0 bridgehead atoms. The van der Waals surface area contributed by atoms with Crippen molar-refractivity contribution in [2.24, 2.45) is 0 Å². The van der Waals surface area contributed by atoms with E-state index in [1.807, 2.05) is 13.8 Å². The summed E-state index contributed by atoms with van der Waals surface area (Å²) >= 11 is 0. The van der Waals surface area contributed by atoms with Gasteiger partial charge < -0.3 is 24.8 Å². The van der Waals surface area contributed by atoms with E-state index in [2.05, 4.69) is 6.08 Å². The first-order valence-corrected chi connectivity index (χ1v) is 2.46. The molecule has 0 rings (SSSR count). The molecule has 0 fully saturated rings. The molecule has 0 nitrogen and oxygen atoms in total. The Morgan fingerprint density at radius 2 is 1.75 bits per heavy atom. The van der Waals surface area contributed by atoms with Crippen molar-refractivity contribution in [3.05, 3.63) is 24.8 Å². The molecular formula is C7H12W. The summed E-state index contributed by atoms with van der Waals surface area (Å²) in [7, 11) is 0. The Morgan fingerprint density at radius 1 is 1.38 bits per heavy atom. The van der Waals surface area contributed by atoms with Crippen LogP contribution in [0.1, 0.15) is 20.8 Å². The Labute approximate surface area is 66.9 Å². The van der Waals surface area contributed by atoms with Crippen molar-refractivity contribution in [1.82, 2.24) is 0 Å². The van der Waals surface area contributed by atoms with Crippen LogP contribution in [0.4, 0.5) is 0 Å². The van der Waals surface area contributed by atoms with E-state index in [0.717, 1.165) is 0 Å². The number of hydrogen-bond acceptors (Lipinski definition) is 0. The maximum Gasteiger partial charge on any atom is 2.00 e. The van der Waals surface area contributed by atoms with Crippen LogP contribution in [0.15, 0.2) is 12.2 Å². The summed E-state index contributed by atoms with van der Waals surface area (Å²) in [6, 6.07) is 0. The number of allylic oxidation sites excluding steroid dienone is 3. The molecule has 0 heterocycles. The second kappa shape index (κ2) is 27.2. The fourth-order valence-electron chi connectivity index (χ4n) is 0.0962. The van der Waals surface area contributed by atoms with Gasteiger partial charge in [0.05, 0.1) is 0 Å². The molecular weight excluding hydrogens is 268 g/mol. The van der Waals surface area contributed by atoms with Crippen LogP contribution < -0.4 is 0 Å². The molecule has 0 N–H and O–H groups in total. The molecule has 0 spiro atoms. The molecule has 0 aromatic rings. The molecule has 0 aromatic heterocycles. The van der Waals surface area contributed by atoms with Crippen LogP contribution in [-0.4, -0.2) is 0 Å². The summed E-state index contributed by atoms with van der Waals surface area (Å²) in [6.07, 6.45) is 5.81. The van der Waals surface area contributed by atoms with Gasteiger partial charge in [0.2, 0.25) is 0 Å². The van der Waals surface area contributed by atoms with Crippen molar-refractivity contribution in [3.63, 3.8) is 0 Å². The maximum atomic E-state index is 4.90. The minimum Gasteiger partial charge on any atom is -0.394 e. The van der Waals surface area contributed by atoms with Crippen molar-refractivity contribution >= 4 is 0 Å². The summed E-state index contributed by atoms with van der Waals surface area (Å²) < 4.78 is 0. The fraction of sp³-hybridized carbons (Fsp3) is 0.429. The largest absolute Gasteiger partial charge is 2.00 e. The van der Waals surface area contributed by atoms with E-state index < -0.39 is 0 Å². The Hall–Kier alpha value is 0.168. The van der Waals surface area contributed by atoms with E-state index in [-0.39, 0.29) is 21.1 Å². The zero-order chi connectivity index (χ0) is 6.12. The molecule has 0 aromatic carbocycles. The van der Waals surface area contributed by atoms with Crippen LogP contribution in [0.3, 0.4) is 0 Å². The smallest absolute Gasteiger partial charge is 0.394 e. The first-order valence-electron chi connectivity index (χ1n) is 2.46. The van der Waals surface area contributed by atoms with Crippen molar-refractivity contribution in [1.29, 1.82) is 0 Å². The zero-order valence-electron chi connectivity index (χ0n) is 5.64. The minimum atomic E-state index is 0. The van der Waals surface area contributed by atoms with Gasteiger partial charge >= 0.3 is 21.1 Å². The van der Waals surface area contributed by atoms with E-state index in [4.69, 9.17) is 6.58 Å². The second-order valence-corrected chi connectivity index (χ2v) is 0.648. The predicted octanol–water partition coefficient (Wildman–Crippen LogP) is 2.38. The van der Waals surface area contributed by atoms with Gasteiger partial charge in [0.25, 0.3) is 0 Å². The quantitative estimate of drug-likeness (QED) is 0.511. The summed E-state index contributed by atoms with van der Waals surface area (Å²) in [4.78, 5) is 0. The number of rotatable bonds is 1. The van der Waals surface area contributed by atoms with Gasteiger partial charge in [-0.25, -0.2) is 0 Å². The third kappa shape index (κ3) is 35.0. The second-order valence-electron chi connectivity index (χ2n) is 0.648. The van der Waals surface area contributed by atoms with Crippen LogP contribution in [0.2, 0.25) is 0 Å². The topological polar surface area (TPSA) is 0 Å². The molecule has 46 valence electrons. The summed E-state index contributed by atoms with van der Waals surface area (Å²) in [5, 5.41) is 0. The first-order chi connectivity index (χ1) is 3.41. The zero-order valence-corrected chi connectivity index (χ0v) is 8.57. The third-order valence-electron chi connectivity index (χ3n) is 0.263. The molecule has 0 saturated heterocycles. The Morgan fingerprint density at radius 3 is 1.75 bits per heavy atom. The molecule has 0 aliphatic carbocycles. The number of hydrogen-bond donors (Lipinski definition) is 0. The van der Waals surface area contributed by atoms with Crippen LogP contribution in [0.5, 0.6) is 0 Å². The predicted molar refractivity (Wildman–Crippen MR) is 33.7 cm³/mol. The van der Waals surface area contributed by atoms with Gasteiger partial charge in [0.1, 0.15) is 0 Å². The van der Waals surface area contributed by atoms with Gasteiger partial charge in [0, 0.05) is 0 Å². The van der Waals surface area contributed by atoms with Gasteiger partial charge in [-0.1, -0.05) is 13.8 Å². The Bertz CT molecular complexity index is 46.3. The molecule has 0 aliphatic rings. The third-order valence-corrected chi connectivity index (χ3v) is 0.263. The first kappa shape index (κ1) is 15.7. The van der Waals surface area contributed by atoms with Crippen LogP contribution >= 0.6 is 0 Å². The van der Waals surface area contributed by atoms with E-state index in [1.165, 1.54) is 6.08 Å². The van der Waals surface area contributed by atoms with Crippen molar-refractivity contribution in [2.45, 2.75) is 20.8 Å². The van der Waals surface area contributed by atoms with Gasteiger partial charge in [0.15, 0.2) is 0 Å². The van der Waals surface area contributed by atoms with Crippen molar-refractivity contribution in [2.75, 3.05) is 0 Å². The summed E-state index contributed by atoms with van der Waals surface area (Å²) in [5.41, 5.74) is 0. The fourth-order valence-corrected chi connectivity index (χ4v) is 0.0962. The van der Waals surface area contributed by atoms with Crippen molar-refractivity contribution < 1.29 is 21.1 Å². The molecule has 0 unspecified atom stereocenters. The maximum absolute atomic E-state index is 4.90. The monoisotopic (exact) mass is 280 g/mol. The molecule has 0 saturated carbocycles. The van der Waals surface area contributed by atoms with Crippen LogP contribution in [-0.2, 0) is 21.1 Å². The molecule has 8 heavy (non-hydrogen) atoms. The van der Waals surface area contributed by atoms with E-state index in [1.54, 1.807) is 13.0 Å². The molecule has 1 heteroatoms. The molecule has 0 atom stereocenters. The summed E-state index contributed by atoms with van der Waals surface area (Å²) in [5.74, 6) is 0. The molecule has 0 aliphatic heterocycles. The van der Waals surface area contributed by atoms with Crippen molar-refractivity contribution in [3.8, 4) is 0 Å². The average Bonchev–Trinajstić information content (AvgIpc) is 1.75. The Kier molecular flexibility index (Phi) is 53.4. The Balaban J connectivity index is -0.0000000750. The van der Waals surface area contributed by atoms with E-state index in [9.17, 15) is 0 Å². The molecule has 0 amide bonds. The van der Waals surface area contributed by atoms with Gasteiger partial charge in [-0.15, -0.1) is 6.92 Å². The SMILES string of the molecule is CC.[CH-]=CC=[C-]C.[W+2]. The van der Waals surface area contributed by atoms with Crippen LogP contribution in [0.25, 0.3) is 0 Å². The van der Waals surface area contributed by atoms with Gasteiger partial charge in [-0.3, -0.25) is 0 Å². The van der Waals surface area contributed by atoms with Crippen LogP contribution in [0, 0.1) is 12.7 Å². The normalized spacial score (nSPS) is 6.38. The van der Waals surface area contributed by atoms with E-state index in [0.29, 0.717) is 0 Å². The molecule has 0 radical (unpaired) electrons. The average molecular weight is 280 g/mol. The van der Waals surface area contributed by atoms with Gasteiger partial charge in [-0.05, 0) is 0 Å². The minimum absolute atomic E-state index is 0. The summed E-state index contributed by atoms with van der Waals surface area (Å²) in [6.45, 7) is 10.7. The standard InChI is InChI=1S/C5H6.C2H6.W/c1-3-5-4-2;1-2;/h1,3,5H,2H3;1-2H3;/q-2;;+2. The van der Waals surface area contributed by atoms with Gasteiger partial charge in [-0.2, -0.15) is 0 Å². The van der Waals surface area contributed by atoms with E-state index >= 15 is 0 Å².